The minimum absolute atomic E-state index is 0.119. The van der Waals surface area contributed by atoms with Crippen LogP contribution in [0, 0.1) is 10.1 Å². The van der Waals surface area contributed by atoms with Crippen molar-refractivity contribution in [3.8, 4) is 0 Å². The first-order valence-electron chi connectivity index (χ1n) is 5.47. The van der Waals surface area contributed by atoms with Crippen molar-refractivity contribution in [2.24, 2.45) is 0 Å². The quantitative estimate of drug-likeness (QED) is 0.212. The Kier molecular flexibility index (Phi) is 12.1. The Balaban J connectivity index is 0. The summed E-state index contributed by atoms with van der Waals surface area (Å²) in [4.78, 5) is 45.4. The van der Waals surface area contributed by atoms with E-state index in [4.69, 9.17) is 10.2 Å². The maximum atomic E-state index is 10.9. The van der Waals surface area contributed by atoms with Crippen molar-refractivity contribution in [3.05, 3.63) is 22.3 Å². The standard InChI is InChI=1S/C6H13N3O4.C4H4O4/c1-8(2)5-6(10)7-3-4-13-9(11)12;5-3(6)1-2-4(7)8/h3-5H2,1-2H3,(H,7,10);1-2H,(H,5,6)(H,7,8). The van der Waals surface area contributed by atoms with Gasteiger partial charge < -0.3 is 25.3 Å². The third-order valence-electron chi connectivity index (χ3n) is 1.45. The molecule has 0 atom stereocenters. The summed E-state index contributed by atoms with van der Waals surface area (Å²) >= 11 is 0. The van der Waals surface area contributed by atoms with E-state index in [1.54, 1.807) is 19.0 Å². The molecule has 0 aromatic rings. The number of carbonyl (C=O) groups excluding carboxylic acids is 1. The number of likely N-dealkylation sites (N-methyl/N-ethyl adjacent to an activating group) is 1. The lowest BCUT2D eigenvalue weighted by molar-refractivity contribution is -0.757. The van der Waals surface area contributed by atoms with Gasteiger partial charge in [-0.25, -0.2) is 9.59 Å². The van der Waals surface area contributed by atoms with Gasteiger partial charge in [0.05, 0.1) is 6.54 Å². The molecule has 0 unspecified atom stereocenters. The second-order valence-corrected chi connectivity index (χ2v) is 3.65. The highest BCUT2D eigenvalue weighted by Crippen LogP contribution is 1.76. The fourth-order valence-electron chi connectivity index (χ4n) is 0.796. The van der Waals surface area contributed by atoms with Gasteiger partial charge in [-0.1, -0.05) is 0 Å². The number of hydrogen-bond donors (Lipinski definition) is 3. The molecule has 3 N–H and O–H groups in total. The maximum absolute atomic E-state index is 10.9. The minimum atomic E-state index is -1.26. The summed E-state index contributed by atoms with van der Waals surface area (Å²) in [6.45, 7) is 0.290. The highest BCUT2D eigenvalue weighted by atomic mass is 16.9. The molecule has 0 radical (unpaired) electrons. The molecular weight excluding hydrogens is 290 g/mol. The lowest BCUT2D eigenvalue weighted by Gasteiger charge is -2.09. The molecule has 0 rings (SSSR count). The van der Waals surface area contributed by atoms with Crippen molar-refractivity contribution in [2.75, 3.05) is 33.8 Å². The van der Waals surface area contributed by atoms with E-state index in [2.05, 4.69) is 10.2 Å². The van der Waals surface area contributed by atoms with Crippen LogP contribution in [0.2, 0.25) is 0 Å². The third-order valence-corrected chi connectivity index (χ3v) is 1.45. The van der Waals surface area contributed by atoms with Gasteiger partial charge in [0.1, 0.15) is 6.61 Å². The molecule has 0 aromatic carbocycles. The van der Waals surface area contributed by atoms with Gasteiger partial charge in [-0.2, -0.15) is 0 Å². The summed E-state index contributed by atoms with van der Waals surface area (Å²) < 4.78 is 0. The Labute approximate surface area is 119 Å². The number of carboxylic acid groups (broad SMARTS) is 2. The van der Waals surface area contributed by atoms with E-state index in [1.807, 2.05) is 0 Å². The van der Waals surface area contributed by atoms with Crippen LogP contribution in [0.15, 0.2) is 12.2 Å². The normalized spacial score (nSPS) is 9.67. The van der Waals surface area contributed by atoms with Gasteiger partial charge in [0.25, 0.3) is 5.09 Å². The maximum Gasteiger partial charge on any atom is 0.328 e. The van der Waals surface area contributed by atoms with E-state index >= 15 is 0 Å². The predicted octanol–water partition coefficient (Wildman–Crippen LogP) is -1.42. The van der Waals surface area contributed by atoms with Crippen molar-refractivity contribution in [1.82, 2.24) is 10.2 Å². The minimum Gasteiger partial charge on any atom is -0.478 e. The Bertz CT molecular complexity index is 378. The molecule has 0 bridgehead atoms. The molecule has 11 nitrogen and oxygen atoms in total. The van der Waals surface area contributed by atoms with Gasteiger partial charge in [-0.15, -0.1) is 10.1 Å². The van der Waals surface area contributed by atoms with Gasteiger partial charge in [-0.05, 0) is 14.1 Å². The summed E-state index contributed by atoms with van der Waals surface area (Å²) in [5, 5.41) is 26.9. The van der Waals surface area contributed by atoms with Gasteiger partial charge in [0.2, 0.25) is 5.91 Å². The van der Waals surface area contributed by atoms with E-state index in [1.165, 1.54) is 0 Å². The molecule has 0 aliphatic rings. The first-order chi connectivity index (χ1) is 9.65. The molecule has 0 aromatic heterocycles. The zero-order valence-corrected chi connectivity index (χ0v) is 11.5. The SMILES string of the molecule is CN(C)CC(=O)NCCO[N+](=O)[O-].O=C(O)C=CC(=O)O. The number of nitrogens with one attached hydrogen (secondary N) is 1. The van der Waals surface area contributed by atoms with E-state index in [9.17, 15) is 24.5 Å². The van der Waals surface area contributed by atoms with Crippen LogP contribution in [0.4, 0.5) is 0 Å². The van der Waals surface area contributed by atoms with Gasteiger partial charge in [-0.3, -0.25) is 4.79 Å². The molecular formula is C10H17N3O8. The molecule has 120 valence electrons. The second-order valence-electron chi connectivity index (χ2n) is 3.65. The molecule has 21 heavy (non-hydrogen) atoms. The van der Waals surface area contributed by atoms with Crippen LogP contribution in [0.5, 0.6) is 0 Å². The topological polar surface area (TPSA) is 159 Å². The second kappa shape index (κ2) is 12.3. The van der Waals surface area contributed by atoms with E-state index in [0.29, 0.717) is 12.2 Å². The average Bonchev–Trinajstić information content (AvgIpc) is 2.32. The Morgan fingerprint density at radius 2 is 1.71 bits per heavy atom. The van der Waals surface area contributed by atoms with Gasteiger partial charge in [0, 0.05) is 18.7 Å². The highest BCUT2D eigenvalue weighted by molar-refractivity contribution is 5.89. The number of nitrogens with zero attached hydrogens (tertiary/aromatic N) is 2. The number of amides is 1. The van der Waals surface area contributed by atoms with Crippen LogP contribution in [0.25, 0.3) is 0 Å². The van der Waals surface area contributed by atoms with Gasteiger partial charge >= 0.3 is 11.9 Å². The number of carboxylic acids is 2. The molecule has 0 heterocycles. The number of carbonyl (C=O) groups is 3. The number of rotatable bonds is 8. The van der Waals surface area contributed by atoms with Crippen molar-refractivity contribution in [1.29, 1.82) is 0 Å². The summed E-state index contributed by atoms with van der Waals surface area (Å²) in [5.74, 6) is -2.70. The first kappa shape index (κ1) is 20.6. The monoisotopic (exact) mass is 307 g/mol. The fourth-order valence-corrected chi connectivity index (χ4v) is 0.796. The van der Waals surface area contributed by atoms with E-state index in [-0.39, 0.29) is 25.6 Å². The summed E-state index contributed by atoms with van der Waals surface area (Å²) in [6, 6.07) is 0. The zero-order valence-electron chi connectivity index (χ0n) is 11.5. The van der Waals surface area contributed by atoms with Crippen LogP contribution < -0.4 is 5.32 Å². The fraction of sp³-hybridized carbons (Fsp3) is 0.500. The van der Waals surface area contributed by atoms with Crippen molar-refractivity contribution in [2.45, 2.75) is 0 Å². The first-order valence-corrected chi connectivity index (χ1v) is 5.47. The van der Waals surface area contributed by atoms with Crippen LogP contribution >= 0.6 is 0 Å². The molecule has 11 heteroatoms. The zero-order chi connectivity index (χ0) is 16.8. The Hall–Kier alpha value is -2.69. The highest BCUT2D eigenvalue weighted by Gasteiger charge is 2.01. The summed E-state index contributed by atoms with van der Waals surface area (Å²) in [7, 11) is 3.51. The molecule has 0 aliphatic carbocycles. The van der Waals surface area contributed by atoms with Crippen LogP contribution in [-0.2, 0) is 19.2 Å². The molecule has 0 aliphatic heterocycles. The third kappa shape index (κ3) is 22.9. The molecule has 0 fully saturated rings. The lowest BCUT2D eigenvalue weighted by atomic mass is 10.5. The van der Waals surface area contributed by atoms with Crippen LogP contribution in [0.3, 0.4) is 0 Å². The van der Waals surface area contributed by atoms with Crippen LogP contribution in [-0.4, -0.2) is 71.8 Å². The Morgan fingerprint density at radius 3 is 2.05 bits per heavy atom. The van der Waals surface area contributed by atoms with Crippen LogP contribution in [0.1, 0.15) is 0 Å². The molecule has 0 saturated heterocycles. The molecule has 1 amide bonds. The van der Waals surface area contributed by atoms with Crippen molar-refractivity contribution < 1.29 is 34.5 Å². The van der Waals surface area contributed by atoms with Crippen molar-refractivity contribution in [3.63, 3.8) is 0 Å². The predicted molar refractivity (Wildman–Crippen MR) is 68.9 cm³/mol. The van der Waals surface area contributed by atoms with Crippen molar-refractivity contribution >= 4 is 17.8 Å². The summed E-state index contributed by atoms with van der Waals surface area (Å²) in [6.07, 6.45) is 1.12. The smallest absolute Gasteiger partial charge is 0.328 e. The molecule has 0 spiro atoms. The number of hydrogen-bond acceptors (Lipinski definition) is 7. The van der Waals surface area contributed by atoms with E-state index < -0.39 is 17.0 Å². The Morgan fingerprint density at radius 1 is 1.24 bits per heavy atom. The lowest BCUT2D eigenvalue weighted by Crippen LogP contribution is -2.35. The van der Waals surface area contributed by atoms with E-state index in [0.717, 1.165) is 0 Å². The summed E-state index contributed by atoms with van der Waals surface area (Å²) in [5.41, 5.74) is 0. The van der Waals surface area contributed by atoms with Gasteiger partial charge in [0.15, 0.2) is 0 Å². The largest absolute Gasteiger partial charge is 0.478 e. The number of aliphatic carboxylic acids is 2. The average molecular weight is 307 g/mol. The molecule has 0 saturated carbocycles.